The Hall–Kier alpha value is -1.88. The highest BCUT2D eigenvalue weighted by molar-refractivity contribution is 5.40. The number of allylic oxidation sites excluding steroid dienone is 8. The maximum atomic E-state index is 14.5. The third kappa shape index (κ3) is 7.27. The lowest BCUT2D eigenvalue weighted by Crippen LogP contribution is -2.27. The van der Waals surface area contributed by atoms with E-state index in [1.807, 2.05) is 19.1 Å². The SMILES string of the molecule is C=CC1CCC(CO/C(=C/C=C(C)/C(CC)=C(F)/C(F)=C(\C)OC)CC)CO1. The van der Waals surface area contributed by atoms with Gasteiger partial charge in [0.15, 0.2) is 11.7 Å². The summed E-state index contributed by atoms with van der Waals surface area (Å²) >= 11 is 0. The van der Waals surface area contributed by atoms with E-state index in [9.17, 15) is 8.78 Å². The molecule has 1 aliphatic heterocycles. The van der Waals surface area contributed by atoms with E-state index in [-0.39, 0.29) is 11.9 Å². The van der Waals surface area contributed by atoms with Crippen molar-refractivity contribution < 1.29 is 23.0 Å². The zero-order chi connectivity index (χ0) is 21.1. The van der Waals surface area contributed by atoms with Gasteiger partial charge in [0.05, 0.1) is 32.2 Å². The molecule has 5 heteroatoms. The van der Waals surface area contributed by atoms with Crippen molar-refractivity contribution in [3.05, 3.63) is 59.1 Å². The molecule has 0 spiro atoms. The average Bonchev–Trinajstić information content (AvgIpc) is 2.73. The standard InChI is InChI=1S/C23H34F2O3/c1-7-19(27-14-18-11-13-20(8-2)28-15-18)12-10-16(4)21(9-3)23(25)22(24)17(5)26-6/h8,10,12,18,20H,2,7,9,11,13-15H2,1,3-6H3/b16-10+,19-12+,22-17-,23-21-. The third-order valence-corrected chi connectivity index (χ3v) is 4.94. The lowest BCUT2D eigenvalue weighted by Gasteiger charge is -2.27. The van der Waals surface area contributed by atoms with E-state index >= 15 is 0 Å². The lowest BCUT2D eigenvalue weighted by atomic mass is 9.99. The molecule has 0 aromatic carbocycles. The molecular weight excluding hydrogens is 362 g/mol. The van der Waals surface area contributed by atoms with Crippen LogP contribution in [0.4, 0.5) is 8.78 Å². The van der Waals surface area contributed by atoms with E-state index in [1.54, 1.807) is 19.9 Å². The first-order valence-electron chi connectivity index (χ1n) is 9.91. The van der Waals surface area contributed by atoms with Crippen LogP contribution in [0.2, 0.25) is 0 Å². The Kier molecular flexibility index (Phi) is 10.8. The molecule has 28 heavy (non-hydrogen) atoms. The van der Waals surface area contributed by atoms with E-state index < -0.39 is 11.7 Å². The summed E-state index contributed by atoms with van der Waals surface area (Å²) in [4.78, 5) is 0. The molecular formula is C23H34F2O3. The van der Waals surface area contributed by atoms with Crippen molar-refractivity contribution in [1.82, 2.24) is 0 Å². The van der Waals surface area contributed by atoms with Gasteiger partial charge in [-0.3, -0.25) is 0 Å². The second-order valence-corrected chi connectivity index (χ2v) is 6.92. The summed E-state index contributed by atoms with van der Waals surface area (Å²) in [7, 11) is 1.32. The maximum absolute atomic E-state index is 14.5. The fourth-order valence-corrected chi connectivity index (χ4v) is 2.94. The van der Waals surface area contributed by atoms with Crippen molar-refractivity contribution in [2.24, 2.45) is 5.92 Å². The number of rotatable bonds is 10. The summed E-state index contributed by atoms with van der Waals surface area (Å²) in [5.41, 5.74) is 0.972. The highest BCUT2D eigenvalue weighted by Crippen LogP contribution is 2.28. The molecule has 1 rings (SSSR count). The quantitative estimate of drug-likeness (QED) is 0.233. The minimum atomic E-state index is -0.960. The summed E-state index contributed by atoms with van der Waals surface area (Å²) < 4.78 is 44.9. The van der Waals surface area contributed by atoms with Crippen LogP contribution in [0.1, 0.15) is 53.4 Å². The molecule has 0 aromatic heterocycles. The predicted molar refractivity (Wildman–Crippen MR) is 110 cm³/mol. The van der Waals surface area contributed by atoms with Crippen LogP contribution in [-0.4, -0.2) is 26.4 Å². The Balaban J connectivity index is 2.82. The van der Waals surface area contributed by atoms with Gasteiger partial charge in [-0.2, -0.15) is 0 Å². The molecule has 0 N–H and O–H groups in total. The number of hydrogen-bond acceptors (Lipinski definition) is 3. The summed E-state index contributed by atoms with van der Waals surface area (Å²) in [5.74, 6) is -0.740. The van der Waals surface area contributed by atoms with Crippen molar-refractivity contribution in [2.75, 3.05) is 20.3 Å². The lowest BCUT2D eigenvalue weighted by molar-refractivity contribution is -0.0124. The van der Waals surface area contributed by atoms with Gasteiger partial charge in [-0.05, 0) is 50.3 Å². The second kappa shape index (κ2) is 12.6. The van der Waals surface area contributed by atoms with Crippen LogP contribution in [0.25, 0.3) is 0 Å². The van der Waals surface area contributed by atoms with Crippen molar-refractivity contribution >= 4 is 0 Å². The highest BCUT2D eigenvalue weighted by Gasteiger charge is 2.20. The van der Waals surface area contributed by atoms with Crippen LogP contribution >= 0.6 is 0 Å². The highest BCUT2D eigenvalue weighted by atomic mass is 19.2. The van der Waals surface area contributed by atoms with Gasteiger partial charge in [-0.25, -0.2) is 8.78 Å². The van der Waals surface area contributed by atoms with Gasteiger partial charge in [0, 0.05) is 12.3 Å². The van der Waals surface area contributed by atoms with Gasteiger partial charge in [-0.1, -0.05) is 26.0 Å². The normalized spacial score (nSPS) is 23.0. The number of hydrogen-bond donors (Lipinski definition) is 0. The molecule has 0 radical (unpaired) electrons. The minimum Gasteiger partial charge on any atom is -0.498 e. The van der Waals surface area contributed by atoms with Gasteiger partial charge < -0.3 is 14.2 Å². The Bertz CT molecular complexity index is 636. The van der Waals surface area contributed by atoms with Crippen LogP contribution in [0, 0.1) is 5.92 Å². The van der Waals surface area contributed by atoms with Crippen molar-refractivity contribution in [2.45, 2.75) is 59.5 Å². The molecule has 0 amide bonds. The first-order chi connectivity index (χ1) is 13.4. The van der Waals surface area contributed by atoms with E-state index in [4.69, 9.17) is 14.2 Å². The van der Waals surface area contributed by atoms with Crippen molar-refractivity contribution in [3.8, 4) is 0 Å². The molecule has 0 aliphatic carbocycles. The Morgan fingerprint density at radius 1 is 1.11 bits per heavy atom. The number of ether oxygens (including phenoxy) is 3. The Labute approximate surface area is 168 Å². The van der Waals surface area contributed by atoms with Crippen LogP contribution in [0.5, 0.6) is 0 Å². The zero-order valence-corrected chi connectivity index (χ0v) is 17.8. The van der Waals surface area contributed by atoms with Crippen LogP contribution in [-0.2, 0) is 14.2 Å². The second-order valence-electron chi connectivity index (χ2n) is 6.92. The molecule has 0 bridgehead atoms. The van der Waals surface area contributed by atoms with Gasteiger partial charge in [0.25, 0.3) is 0 Å². The summed E-state index contributed by atoms with van der Waals surface area (Å²) in [6, 6.07) is 0. The Morgan fingerprint density at radius 3 is 2.32 bits per heavy atom. The largest absolute Gasteiger partial charge is 0.498 e. The van der Waals surface area contributed by atoms with Crippen LogP contribution in [0.3, 0.4) is 0 Å². The zero-order valence-electron chi connectivity index (χ0n) is 17.8. The van der Waals surface area contributed by atoms with E-state index in [1.165, 1.54) is 14.0 Å². The smallest absolute Gasteiger partial charge is 0.196 e. The van der Waals surface area contributed by atoms with Gasteiger partial charge >= 0.3 is 0 Å². The third-order valence-electron chi connectivity index (χ3n) is 4.94. The topological polar surface area (TPSA) is 27.7 Å². The van der Waals surface area contributed by atoms with Crippen LogP contribution < -0.4 is 0 Å². The van der Waals surface area contributed by atoms with Crippen LogP contribution in [0.15, 0.2) is 59.1 Å². The molecule has 0 saturated carbocycles. The first kappa shape index (κ1) is 24.2. The monoisotopic (exact) mass is 396 g/mol. The van der Waals surface area contributed by atoms with E-state index in [0.717, 1.165) is 25.0 Å². The molecule has 2 atom stereocenters. The van der Waals surface area contributed by atoms with Crippen molar-refractivity contribution in [3.63, 3.8) is 0 Å². The van der Waals surface area contributed by atoms with Gasteiger partial charge in [-0.15, -0.1) is 6.58 Å². The fraction of sp³-hybridized carbons (Fsp3) is 0.565. The van der Waals surface area contributed by atoms with E-state index in [0.29, 0.717) is 36.7 Å². The molecule has 1 heterocycles. The first-order valence-corrected chi connectivity index (χ1v) is 9.91. The summed E-state index contributed by atoms with van der Waals surface area (Å²) in [6.45, 7) is 12.0. The molecule has 1 aliphatic rings. The predicted octanol–water partition coefficient (Wildman–Crippen LogP) is 6.71. The molecule has 1 saturated heterocycles. The maximum Gasteiger partial charge on any atom is 0.196 e. The number of methoxy groups -OCH3 is 1. The average molecular weight is 397 g/mol. The number of halogens is 2. The molecule has 2 unspecified atom stereocenters. The summed E-state index contributed by atoms with van der Waals surface area (Å²) in [5, 5.41) is 0. The van der Waals surface area contributed by atoms with E-state index in [2.05, 4.69) is 6.58 Å². The Morgan fingerprint density at radius 2 is 1.82 bits per heavy atom. The molecule has 0 aromatic rings. The minimum absolute atomic E-state index is 0.0715. The fourth-order valence-electron chi connectivity index (χ4n) is 2.94. The molecule has 3 nitrogen and oxygen atoms in total. The molecule has 158 valence electrons. The van der Waals surface area contributed by atoms with Gasteiger partial charge in [0.1, 0.15) is 5.76 Å². The van der Waals surface area contributed by atoms with Crippen molar-refractivity contribution in [1.29, 1.82) is 0 Å². The van der Waals surface area contributed by atoms with Gasteiger partial charge in [0.2, 0.25) is 0 Å². The molecule has 1 fully saturated rings. The summed E-state index contributed by atoms with van der Waals surface area (Å²) in [6.07, 6.45) is 8.69.